The van der Waals surface area contributed by atoms with Gasteiger partial charge in [-0.2, -0.15) is 0 Å². The second kappa shape index (κ2) is 15.8. The number of ether oxygens (including phenoxy) is 1. The number of allylic oxidation sites excluding steroid dienone is 4. The average molecular weight is 465 g/mol. The van der Waals surface area contributed by atoms with Gasteiger partial charge in [0.05, 0.1) is 19.8 Å². The Morgan fingerprint density at radius 2 is 1.03 bits per heavy atom. The quantitative estimate of drug-likeness (QED) is 0.355. The van der Waals surface area contributed by atoms with E-state index in [1.807, 2.05) is 83.2 Å². The van der Waals surface area contributed by atoms with E-state index >= 15 is 0 Å². The molecule has 0 unspecified atom stereocenters. The largest absolute Gasteiger partial charge is 0.456 e. The van der Waals surface area contributed by atoms with Gasteiger partial charge in [-0.3, -0.25) is 0 Å². The van der Waals surface area contributed by atoms with Crippen LogP contribution in [0.25, 0.3) is 24.3 Å². The average Bonchev–Trinajstić information content (AvgIpc) is 2.86. The highest BCUT2D eigenvalue weighted by molar-refractivity contribution is 5.73. The van der Waals surface area contributed by atoms with E-state index in [1.54, 1.807) is 0 Å². The first-order valence-corrected chi connectivity index (χ1v) is 11.8. The number of rotatable bonds is 10. The van der Waals surface area contributed by atoms with Gasteiger partial charge in [0.15, 0.2) is 0 Å². The molecule has 0 fully saturated rings. The van der Waals surface area contributed by atoms with Crippen molar-refractivity contribution in [1.29, 1.82) is 0 Å². The zero-order chi connectivity index (χ0) is 25.4. The van der Waals surface area contributed by atoms with Crippen molar-refractivity contribution in [2.45, 2.75) is 41.0 Å². The minimum atomic E-state index is -0.667. The molecule has 2 aromatic rings. The number of aliphatic hydroxyl groups is 3. The Morgan fingerprint density at radius 3 is 1.29 bits per heavy atom. The molecule has 0 aromatic heterocycles. The molecule has 0 aliphatic carbocycles. The van der Waals surface area contributed by atoms with Gasteiger partial charge in [0.25, 0.3) is 0 Å². The molecule has 0 aliphatic rings. The lowest BCUT2D eigenvalue weighted by molar-refractivity contribution is 0.00304. The van der Waals surface area contributed by atoms with Crippen LogP contribution in [0.3, 0.4) is 0 Å². The van der Waals surface area contributed by atoms with Crippen molar-refractivity contribution in [2.24, 2.45) is 5.41 Å². The first kappa shape index (κ1) is 29.1. The molecule has 0 amide bonds. The molecule has 4 heteroatoms. The van der Waals surface area contributed by atoms with Crippen LogP contribution in [0, 0.1) is 5.41 Å². The van der Waals surface area contributed by atoms with Crippen molar-refractivity contribution in [2.75, 3.05) is 19.8 Å². The van der Waals surface area contributed by atoms with Crippen LogP contribution in [-0.4, -0.2) is 35.1 Å². The predicted octanol–water partition coefficient (Wildman–Crippen LogP) is 6.97. The Morgan fingerprint density at radius 1 is 0.647 bits per heavy atom. The fourth-order valence-corrected chi connectivity index (χ4v) is 3.24. The lowest BCUT2D eigenvalue weighted by Gasteiger charge is -2.24. The summed E-state index contributed by atoms with van der Waals surface area (Å²) in [5.74, 6) is 1.72. The molecule has 0 radical (unpaired) electrons. The molecule has 34 heavy (non-hydrogen) atoms. The van der Waals surface area contributed by atoms with E-state index < -0.39 is 5.41 Å². The molecule has 3 N–H and O–H groups in total. The van der Waals surface area contributed by atoms with Gasteiger partial charge in [0.1, 0.15) is 11.5 Å². The summed E-state index contributed by atoms with van der Waals surface area (Å²) >= 11 is 0. The maximum absolute atomic E-state index is 8.66. The van der Waals surface area contributed by atoms with Crippen LogP contribution < -0.4 is 4.74 Å². The summed E-state index contributed by atoms with van der Waals surface area (Å²) in [5.41, 5.74) is 3.81. The van der Waals surface area contributed by atoms with Crippen molar-refractivity contribution in [3.05, 3.63) is 83.0 Å². The molecule has 0 aliphatic heterocycles. The zero-order valence-electron chi connectivity index (χ0n) is 21.2. The van der Waals surface area contributed by atoms with Crippen molar-refractivity contribution in [1.82, 2.24) is 0 Å². The van der Waals surface area contributed by atoms with Gasteiger partial charge in [-0.05, 0) is 57.4 Å². The Labute approximate surface area is 205 Å². The third kappa shape index (κ3) is 8.14. The summed E-state index contributed by atoms with van der Waals surface area (Å²) < 4.78 is 6.35. The van der Waals surface area contributed by atoms with E-state index in [2.05, 4.69) is 36.4 Å². The van der Waals surface area contributed by atoms with Crippen LogP contribution >= 0.6 is 0 Å². The fraction of sp³-hybridized carbons (Fsp3) is 0.333. The molecule has 4 nitrogen and oxygen atoms in total. The summed E-state index contributed by atoms with van der Waals surface area (Å²) in [6.07, 6.45) is 17.2. The summed E-state index contributed by atoms with van der Waals surface area (Å²) in [7, 11) is 0. The molecule has 2 rings (SSSR count). The molecule has 0 saturated heterocycles. The van der Waals surface area contributed by atoms with E-state index in [9.17, 15) is 0 Å². The Hall–Kier alpha value is -2.92. The summed E-state index contributed by atoms with van der Waals surface area (Å²) in [4.78, 5) is 0. The first-order valence-electron chi connectivity index (χ1n) is 11.8. The van der Waals surface area contributed by atoms with Gasteiger partial charge in [0.2, 0.25) is 0 Å². The predicted molar refractivity (Wildman–Crippen MR) is 146 cm³/mol. The molecule has 184 valence electrons. The highest BCUT2D eigenvalue weighted by Gasteiger charge is 2.24. The van der Waals surface area contributed by atoms with Gasteiger partial charge >= 0.3 is 0 Å². The standard InChI is InChI=1S/C24H26O.C6H14O3/c1-5-11-19-15-9-17-23(21(19)13-7-3)25-24-18-10-16-20(12-6-2)22(24)14-8-4;1-2-6(3-7,4-8)5-9/h5-18H,1-4H3;7-9H,2-5H2,1H3. The second-order valence-electron chi connectivity index (χ2n) is 7.95. The number of hydrogen-bond acceptors (Lipinski definition) is 4. The van der Waals surface area contributed by atoms with Crippen LogP contribution in [0.1, 0.15) is 63.3 Å². The smallest absolute Gasteiger partial charge is 0.135 e. The Bertz CT molecular complexity index is 892. The zero-order valence-corrected chi connectivity index (χ0v) is 21.2. The van der Waals surface area contributed by atoms with Crippen LogP contribution in [0.4, 0.5) is 0 Å². The molecular weight excluding hydrogens is 424 g/mol. The number of benzene rings is 2. The maximum Gasteiger partial charge on any atom is 0.135 e. The summed E-state index contributed by atoms with van der Waals surface area (Å²) in [5, 5.41) is 26.0. The first-order chi connectivity index (χ1) is 16.5. The van der Waals surface area contributed by atoms with E-state index in [4.69, 9.17) is 20.1 Å². The SMILES string of the molecule is CC=Cc1cccc(Oc2cccc(C=CC)c2C=CC)c1C=CC.CCC(CO)(CO)CO. The van der Waals surface area contributed by atoms with Gasteiger partial charge in [-0.25, -0.2) is 0 Å². The van der Waals surface area contributed by atoms with Gasteiger partial charge in [-0.1, -0.05) is 79.8 Å². The highest BCUT2D eigenvalue weighted by Crippen LogP contribution is 2.34. The third-order valence-corrected chi connectivity index (χ3v) is 5.53. The van der Waals surface area contributed by atoms with Crippen LogP contribution in [0.5, 0.6) is 11.5 Å². The maximum atomic E-state index is 8.66. The van der Waals surface area contributed by atoms with E-state index in [1.165, 1.54) is 0 Å². The Kier molecular flexibility index (Phi) is 13.6. The molecule has 0 atom stereocenters. The van der Waals surface area contributed by atoms with Gasteiger partial charge < -0.3 is 20.1 Å². The highest BCUT2D eigenvalue weighted by atomic mass is 16.5. The fourth-order valence-electron chi connectivity index (χ4n) is 3.24. The molecular formula is C30H40O4. The number of hydrogen-bond donors (Lipinski definition) is 3. The molecule has 0 heterocycles. The molecule has 0 bridgehead atoms. The monoisotopic (exact) mass is 464 g/mol. The van der Waals surface area contributed by atoms with E-state index in [0.29, 0.717) is 6.42 Å². The van der Waals surface area contributed by atoms with Crippen LogP contribution in [-0.2, 0) is 0 Å². The minimum absolute atomic E-state index is 0.156. The number of aliphatic hydroxyl groups excluding tert-OH is 3. The van der Waals surface area contributed by atoms with Crippen LogP contribution in [0.2, 0.25) is 0 Å². The van der Waals surface area contributed by atoms with Crippen molar-refractivity contribution in [3.8, 4) is 11.5 Å². The summed E-state index contributed by atoms with van der Waals surface area (Å²) in [6.45, 7) is 9.45. The summed E-state index contributed by atoms with van der Waals surface area (Å²) in [6, 6.07) is 12.3. The van der Waals surface area contributed by atoms with Crippen molar-refractivity contribution >= 4 is 24.3 Å². The topological polar surface area (TPSA) is 69.9 Å². The molecule has 2 aromatic carbocycles. The third-order valence-electron chi connectivity index (χ3n) is 5.53. The van der Waals surface area contributed by atoms with Crippen LogP contribution in [0.15, 0.2) is 60.7 Å². The van der Waals surface area contributed by atoms with Gasteiger partial charge in [0, 0.05) is 16.5 Å². The second-order valence-corrected chi connectivity index (χ2v) is 7.95. The Balaban J connectivity index is 0.000000546. The molecule has 0 saturated carbocycles. The molecule has 0 spiro atoms. The minimum Gasteiger partial charge on any atom is -0.456 e. The van der Waals surface area contributed by atoms with Gasteiger partial charge in [-0.15, -0.1) is 0 Å². The lowest BCUT2D eigenvalue weighted by atomic mass is 9.88. The lowest BCUT2D eigenvalue weighted by Crippen LogP contribution is -2.32. The normalized spacial score (nSPS) is 12.1. The van der Waals surface area contributed by atoms with Crippen molar-refractivity contribution in [3.63, 3.8) is 0 Å². The van der Waals surface area contributed by atoms with E-state index in [0.717, 1.165) is 33.8 Å². The van der Waals surface area contributed by atoms with Crippen molar-refractivity contribution < 1.29 is 20.1 Å². The van der Waals surface area contributed by atoms with E-state index in [-0.39, 0.29) is 19.8 Å².